The van der Waals surface area contributed by atoms with E-state index in [1.807, 2.05) is 25.7 Å². The molecule has 0 spiro atoms. The lowest BCUT2D eigenvalue weighted by molar-refractivity contribution is -0.129. The van der Waals surface area contributed by atoms with Gasteiger partial charge in [-0.25, -0.2) is 0 Å². The van der Waals surface area contributed by atoms with E-state index in [-0.39, 0.29) is 17.7 Å². The summed E-state index contributed by atoms with van der Waals surface area (Å²) in [6.45, 7) is 7.07. The second-order valence-corrected chi connectivity index (χ2v) is 7.52. The molecule has 1 N–H and O–H groups in total. The Labute approximate surface area is 142 Å². The molecule has 1 aliphatic heterocycles. The number of hydrogen-bond acceptors (Lipinski definition) is 5. The molecule has 0 unspecified atom stereocenters. The number of likely N-dealkylation sites (tertiary alicyclic amines) is 1. The quantitative estimate of drug-likeness (QED) is 0.819. The Balaban J connectivity index is 1.59. The highest BCUT2D eigenvalue weighted by Crippen LogP contribution is 2.32. The summed E-state index contributed by atoms with van der Waals surface area (Å²) in [7, 11) is 0. The van der Waals surface area contributed by atoms with E-state index >= 15 is 0 Å². The second kappa shape index (κ2) is 6.53. The van der Waals surface area contributed by atoms with Crippen LogP contribution < -0.4 is 5.32 Å². The number of nitrogens with one attached hydrogen (secondary N) is 1. The molecule has 1 saturated carbocycles. The first kappa shape index (κ1) is 16.9. The fourth-order valence-electron chi connectivity index (χ4n) is 3.03. The van der Waals surface area contributed by atoms with Gasteiger partial charge in [0.2, 0.25) is 17.7 Å². The molecule has 7 heteroatoms. The van der Waals surface area contributed by atoms with Crippen molar-refractivity contribution in [3.05, 3.63) is 11.7 Å². The number of amides is 2. The van der Waals surface area contributed by atoms with Crippen molar-refractivity contribution < 1.29 is 14.1 Å². The molecule has 2 fully saturated rings. The first-order valence-corrected chi connectivity index (χ1v) is 8.82. The molecule has 2 aliphatic rings. The summed E-state index contributed by atoms with van der Waals surface area (Å²) >= 11 is 0. The van der Waals surface area contributed by atoms with Gasteiger partial charge < -0.3 is 14.7 Å². The van der Waals surface area contributed by atoms with Crippen molar-refractivity contribution in [3.63, 3.8) is 0 Å². The highest BCUT2D eigenvalue weighted by atomic mass is 16.5. The number of aryl methyl sites for hydroxylation is 1. The lowest BCUT2D eigenvalue weighted by Crippen LogP contribution is -2.45. The Morgan fingerprint density at radius 1 is 1.42 bits per heavy atom. The highest BCUT2D eigenvalue weighted by molar-refractivity contribution is 5.89. The average molecular weight is 334 g/mol. The van der Waals surface area contributed by atoms with Crippen molar-refractivity contribution in [2.75, 3.05) is 13.1 Å². The van der Waals surface area contributed by atoms with Gasteiger partial charge in [0, 0.05) is 25.9 Å². The van der Waals surface area contributed by atoms with E-state index in [4.69, 9.17) is 4.52 Å². The van der Waals surface area contributed by atoms with Gasteiger partial charge in [-0.2, -0.15) is 4.98 Å². The topological polar surface area (TPSA) is 88.3 Å². The third-order valence-electron chi connectivity index (χ3n) is 4.69. The van der Waals surface area contributed by atoms with Crippen LogP contribution in [0.4, 0.5) is 0 Å². The van der Waals surface area contributed by atoms with Crippen molar-refractivity contribution in [1.82, 2.24) is 20.4 Å². The predicted molar refractivity (Wildman–Crippen MR) is 86.9 cm³/mol. The largest absolute Gasteiger partial charge is 0.343 e. The zero-order valence-corrected chi connectivity index (χ0v) is 14.7. The second-order valence-electron chi connectivity index (χ2n) is 7.52. The van der Waals surface area contributed by atoms with Crippen molar-refractivity contribution in [2.24, 2.45) is 11.8 Å². The zero-order chi connectivity index (χ0) is 17.3. The first-order chi connectivity index (χ1) is 11.4. The van der Waals surface area contributed by atoms with Crippen molar-refractivity contribution in [2.45, 2.75) is 58.4 Å². The van der Waals surface area contributed by atoms with Crippen LogP contribution in [0, 0.1) is 11.8 Å². The van der Waals surface area contributed by atoms with Crippen LogP contribution in [0.3, 0.4) is 0 Å². The molecule has 2 heterocycles. The molecule has 1 aliphatic carbocycles. The molecule has 132 valence electrons. The number of carbonyl (C=O) groups excluding carboxylic acids is 2. The summed E-state index contributed by atoms with van der Waals surface area (Å²) in [5.74, 6) is 1.37. The third-order valence-corrected chi connectivity index (χ3v) is 4.69. The molecule has 1 aromatic rings. The molecule has 1 atom stereocenters. The predicted octanol–water partition coefficient (Wildman–Crippen LogP) is 1.63. The molecular formula is C17H26N4O3. The fourth-order valence-corrected chi connectivity index (χ4v) is 3.03. The highest BCUT2D eigenvalue weighted by Gasteiger charge is 2.39. The summed E-state index contributed by atoms with van der Waals surface area (Å²) in [5, 5.41) is 6.96. The van der Waals surface area contributed by atoms with Gasteiger partial charge in [-0.1, -0.05) is 12.1 Å². The number of hydrogen-bond donors (Lipinski definition) is 1. The molecule has 7 nitrogen and oxygen atoms in total. The summed E-state index contributed by atoms with van der Waals surface area (Å²) in [4.78, 5) is 30.8. The Hall–Kier alpha value is -1.92. The van der Waals surface area contributed by atoms with Crippen LogP contribution >= 0.6 is 0 Å². The van der Waals surface area contributed by atoms with Crippen LogP contribution in [0.5, 0.6) is 0 Å². The molecule has 0 aromatic carbocycles. The van der Waals surface area contributed by atoms with Gasteiger partial charge >= 0.3 is 0 Å². The Bertz CT molecular complexity index is 621. The molecule has 3 rings (SSSR count). The maximum absolute atomic E-state index is 12.6. The maximum Gasteiger partial charge on any atom is 0.226 e. The Kier molecular flexibility index (Phi) is 4.60. The lowest BCUT2D eigenvalue weighted by atomic mass is 10.0. The Morgan fingerprint density at radius 3 is 2.83 bits per heavy atom. The molecule has 1 saturated heterocycles. The number of nitrogens with zero attached hydrogens (tertiary/aromatic N) is 3. The van der Waals surface area contributed by atoms with Gasteiger partial charge in [0.25, 0.3) is 0 Å². The molecule has 0 bridgehead atoms. The van der Waals surface area contributed by atoms with E-state index in [1.54, 1.807) is 0 Å². The molecule has 1 aromatic heterocycles. The monoisotopic (exact) mass is 334 g/mol. The number of carbonyl (C=O) groups is 2. The van der Waals surface area contributed by atoms with Gasteiger partial charge in [0.15, 0.2) is 5.82 Å². The minimum atomic E-state index is -0.723. The molecule has 24 heavy (non-hydrogen) atoms. The number of aromatic nitrogens is 2. The summed E-state index contributed by atoms with van der Waals surface area (Å²) in [6, 6.07) is 0. The maximum atomic E-state index is 12.6. The SMILES string of the molecule is CCCc1nc(C(C)(C)NC(=O)[C@@H]2CC(=O)N(CC3CC3)C2)no1. The van der Waals surface area contributed by atoms with Crippen LogP contribution in [0.15, 0.2) is 4.52 Å². The first-order valence-electron chi connectivity index (χ1n) is 8.82. The van der Waals surface area contributed by atoms with Crippen LogP contribution in [0.25, 0.3) is 0 Å². The van der Waals surface area contributed by atoms with Gasteiger partial charge in [-0.15, -0.1) is 0 Å². The van der Waals surface area contributed by atoms with Crippen LogP contribution in [0.1, 0.15) is 58.2 Å². The number of rotatable bonds is 7. The average Bonchev–Trinajstić information content (AvgIpc) is 3.05. The summed E-state index contributed by atoms with van der Waals surface area (Å²) in [5.41, 5.74) is -0.723. The van der Waals surface area contributed by atoms with E-state index in [9.17, 15) is 9.59 Å². The minimum absolute atomic E-state index is 0.0876. The molecule has 0 radical (unpaired) electrons. The van der Waals surface area contributed by atoms with Gasteiger partial charge in [-0.05, 0) is 39.0 Å². The molecule has 2 amide bonds. The zero-order valence-electron chi connectivity index (χ0n) is 14.7. The van der Waals surface area contributed by atoms with Gasteiger partial charge in [0.1, 0.15) is 0 Å². The minimum Gasteiger partial charge on any atom is -0.343 e. The Morgan fingerprint density at radius 2 is 2.17 bits per heavy atom. The smallest absolute Gasteiger partial charge is 0.226 e. The van der Waals surface area contributed by atoms with Crippen LogP contribution in [-0.2, 0) is 21.5 Å². The molecular weight excluding hydrogens is 308 g/mol. The van der Waals surface area contributed by atoms with E-state index in [0.717, 1.165) is 19.4 Å². The van der Waals surface area contributed by atoms with Crippen molar-refractivity contribution in [1.29, 1.82) is 0 Å². The van der Waals surface area contributed by atoms with E-state index in [2.05, 4.69) is 15.5 Å². The van der Waals surface area contributed by atoms with Gasteiger partial charge in [-0.3, -0.25) is 9.59 Å². The van der Waals surface area contributed by atoms with Crippen LogP contribution in [-0.4, -0.2) is 39.9 Å². The normalized spacial score (nSPS) is 21.4. The standard InChI is InChI=1S/C17H26N4O3/c1-4-5-13-18-16(20-24-13)17(2,3)19-15(23)12-8-14(22)21(10-12)9-11-6-7-11/h11-12H,4-10H2,1-3H3,(H,19,23)/t12-/m1/s1. The van der Waals surface area contributed by atoms with Gasteiger partial charge in [0.05, 0.1) is 11.5 Å². The van der Waals surface area contributed by atoms with E-state index in [1.165, 1.54) is 12.8 Å². The lowest BCUT2D eigenvalue weighted by Gasteiger charge is -2.24. The van der Waals surface area contributed by atoms with Crippen molar-refractivity contribution in [3.8, 4) is 0 Å². The summed E-state index contributed by atoms with van der Waals surface area (Å²) in [6.07, 6.45) is 4.35. The third kappa shape index (κ3) is 3.76. The van der Waals surface area contributed by atoms with E-state index < -0.39 is 5.54 Å². The summed E-state index contributed by atoms with van der Waals surface area (Å²) < 4.78 is 5.21. The fraction of sp³-hybridized carbons (Fsp3) is 0.765. The van der Waals surface area contributed by atoms with E-state index in [0.29, 0.717) is 30.6 Å². The van der Waals surface area contributed by atoms with Crippen LogP contribution in [0.2, 0.25) is 0 Å². The van der Waals surface area contributed by atoms with Crippen molar-refractivity contribution >= 4 is 11.8 Å².